The van der Waals surface area contributed by atoms with Crippen LogP contribution in [0.2, 0.25) is 0 Å². The quantitative estimate of drug-likeness (QED) is 0.778. The van der Waals surface area contributed by atoms with Gasteiger partial charge in [-0.2, -0.15) is 0 Å². The van der Waals surface area contributed by atoms with Gasteiger partial charge in [-0.15, -0.1) is 0 Å². The van der Waals surface area contributed by atoms with E-state index in [1.165, 1.54) is 0 Å². The number of nitrogens with zero attached hydrogens (tertiary/aromatic N) is 2. The zero-order chi connectivity index (χ0) is 9.97. The number of halogens is 1. The third kappa shape index (κ3) is 1.72. The van der Waals surface area contributed by atoms with E-state index in [1.807, 2.05) is 36.8 Å². The zero-order valence-electron chi connectivity index (χ0n) is 7.64. The van der Waals surface area contributed by atoms with Crippen LogP contribution in [-0.4, -0.2) is 15.8 Å². The lowest BCUT2D eigenvalue weighted by Crippen LogP contribution is -1.94. The Balaban J connectivity index is 2.54. The van der Waals surface area contributed by atoms with Gasteiger partial charge in [0.25, 0.3) is 0 Å². The van der Waals surface area contributed by atoms with Gasteiger partial charge in [0, 0.05) is 16.9 Å². The van der Waals surface area contributed by atoms with E-state index in [1.54, 1.807) is 11.8 Å². The lowest BCUT2D eigenvalue weighted by atomic mass is 10.3. The van der Waals surface area contributed by atoms with E-state index in [9.17, 15) is 0 Å². The molecular weight excluding hydrogens is 260 g/mol. The van der Waals surface area contributed by atoms with Gasteiger partial charge >= 0.3 is 0 Å². The molecule has 4 heteroatoms. The van der Waals surface area contributed by atoms with Crippen molar-refractivity contribution in [2.75, 3.05) is 6.26 Å². The molecule has 72 valence electrons. The van der Waals surface area contributed by atoms with Gasteiger partial charge in [-0.25, -0.2) is 4.98 Å². The average Bonchev–Trinajstić information content (AvgIpc) is 2.66. The highest BCUT2D eigenvalue weighted by Crippen LogP contribution is 2.24. The van der Waals surface area contributed by atoms with E-state index in [2.05, 4.69) is 31.5 Å². The summed E-state index contributed by atoms with van der Waals surface area (Å²) < 4.78 is 3.14. The van der Waals surface area contributed by atoms with Crippen LogP contribution in [0.25, 0.3) is 5.69 Å². The number of imidazole rings is 1. The molecule has 0 saturated carbocycles. The molecule has 0 fully saturated rings. The molecule has 2 nitrogen and oxygen atoms in total. The Morgan fingerprint density at radius 1 is 1.36 bits per heavy atom. The number of hydrogen-bond acceptors (Lipinski definition) is 2. The first kappa shape index (κ1) is 9.80. The first-order chi connectivity index (χ1) is 6.83. The molecule has 0 atom stereocenters. The second kappa shape index (κ2) is 4.19. The minimum atomic E-state index is 0.997. The van der Waals surface area contributed by atoms with Crippen molar-refractivity contribution < 1.29 is 0 Å². The van der Waals surface area contributed by atoms with Crippen LogP contribution in [0.3, 0.4) is 0 Å². The normalized spacial score (nSPS) is 10.4. The molecule has 0 aliphatic rings. The van der Waals surface area contributed by atoms with E-state index in [0.29, 0.717) is 0 Å². The van der Waals surface area contributed by atoms with Crippen LogP contribution in [0.5, 0.6) is 0 Å². The Morgan fingerprint density at radius 2 is 2.14 bits per heavy atom. The molecule has 14 heavy (non-hydrogen) atoms. The summed E-state index contributed by atoms with van der Waals surface area (Å²) >= 11 is 5.16. The van der Waals surface area contributed by atoms with Crippen molar-refractivity contribution in [3.05, 3.63) is 41.1 Å². The standard InChI is InChI=1S/C10H9BrN2S/c1-14-10-12-6-7-13(10)9-5-3-2-4-8(9)11/h2-7H,1H3. The molecule has 0 spiro atoms. The fraction of sp³-hybridized carbons (Fsp3) is 0.100. The lowest BCUT2D eigenvalue weighted by molar-refractivity contribution is 0.894. The summed E-state index contributed by atoms with van der Waals surface area (Å²) in [6.07, 6.45) is 5.80. The summed E-state index contributed by atoms with van der Waals surface area (Å²) in [4.78, 5) is 4.26. The Kier molecular flexibility index (Phi) is 2.93. The van der Waals surface area contributed by atoms with Crippen LogP contribution in [0.4, 0.5) is 0 Å². The monoisotopic (exact) mass is 268 g/mol. The lowest BCUT2D eigenvalue weighted by Gasteiger charge is -2.07. The molecule has 1 heterocycles. The largest absolute Gasteiger partial charge is 0.294 e. The van der Waals surface area contributed by atoms with E-state index in [0.717, 1.165) is 15.3 Å². The minimum absolute atomic E-state index is 0.997. The Morgan fingerprint density at radius 3 is 2.86 bits per heavy atom. The van der Waals surface area contributed by atoms with Gasteiger partial charge in [0.15, 0.2) is 5.16 Å². The molecule has 2 aromatic rings. The van der Waals surface area contributed by atoms with Crippen molar-refractivity contribution in [1.29, 1.82) is 0 Å². The maximum atomic E-state index is 4.26. The highest BCUT2D eigenvalue weighted by molar-refractivity contribution is 9.10. The zero-order valence-corrected chi connectivity index (χ0v) is 10.0. The van der Waals surface area contributed by atoms with Crippen LogP contribution in [0, 0.1) is 0 Å². The molecule has 0 bridgehead atoms. The molecule has 0 amide bonds. The van der Waals surface area contributed by atoms with Gasteiger partial charge in [0.1, 0.15) is 0 Å². The van der Waals surface area contributed by atoms with Crippen LogP contribution in [0.1, 0.15) is 0 Å². The number of benzene rings is 1. The summed E-state index contributed by atoms with van der Waals surface area (Å²) in [6.45, 7) is 0. The van der Waals surface area contributed by atoms with Gasteiger partial charge in [0.05, 0.1) is 5.69 Å². The van der Waals surface area contributed by atoms with Crippen LogP contribution >= 0.6 is 27.7 Å². The Labute approximate surface area is 95.5 Å². The van der Waals surface area contributed by atoms with Crippen molar-refractivity contribution in [3.8, 4) is 5.69 Å². The first-order valence-electron chi connectivity index (χ1n) is 4.15. The van der Waals surface area contributed by atoms with Gasteiger partial charge in [0.2, 0.25) is 0 Å². The van der Waals surface area contributed by atoms with Gasteiger partial charge in [-0.05, 0) is 34.3 Å². The molecule has 0 aliphatic carbocycles. The van der Waals surface area contributed by atoms with Crippen LogP contribution in [-0.2, 0) is 0 Å². The number of para-hydroxylation sites is 1. The van der Waals surface area contributed by atoms with Gasteiger partial charge < -0.3 is 0 Å². The maximum absolute atomic E-state index is 4.26. The van der Waals surface area contributed by atoms with Crippen LogP contribution in [0.15, 0.2) is 46.3 Å². The number of aromatic nitrogens is 2. The number of thioether (sulfide) groups is 1. The predicted octanol–water partition coefficient (Wildman–Crippen LogP) is 3.36. The predicted molar refractivity (Wildman–Crippen MR) is 63.0 cm³/mol. The summed E-state index contributed by atoms with van der Waals surface area (Å²) in [5, 5.41) is 0.997. The second-order valence-corrected chi connectivity index (χ2v) is 4.36. The van der Waals surface area contributed by atoms with E-state index < -0.39 is 0 Å². The smallest absolute Gasteiger partial charge is 0.172 e. The van der Waals surface area contributed by atoms with Crippen molar-refractivity contribution in [1.82, 2.24) is 9.55 Å². The van der Waals surface area contributed by atoms with E-state index in [-0.39, 0.29) is 0 Å². The van der Waals surface area contributed by atoms with Crippen LogP contribution < -0.4 is 0 Å². The number of rotatable bonds is 2. The minimum Gasteiger partial charge on any atom is -0.294 e. The molecule has 0 radical (unpaired) electrons. The van der Waals surface area contributed by atoms with Crippen molar-refractivity contribution in [2.24, 2.45) is 0 Å². The summed E-state index contributed by atoms with van der Waals surface area (Å²) in [5.74, 6) is 0. The second-order valence-electron chi connectivity index (χ2n) is 2.74. The molecule has 1 aromatic carbocycles. The maximum Gasteiger partial charge on any atom is 0.172 e. The fourth-order valence-corrected chi connectivity index (χ4v) is 2.27. The summed E-state index contributed by atoms with van der Waals surface area (Å²) in [5.41, 5.74) is 1.12. The molecule has 2 rings (SSSR count). The van der Waals surface area contributed by atoms with Gasteiger partial charge in [-0.1, -0.05) is 23.9 Å². The highest BCUT2D eigenvalue weighted by Gasteiger charge is 2.05. The molecule has 0 saturated heterocycles. The van der Waals surface area contributed by atoms with E-state index in [4.69, 9.17) is 0 Å². The Bertz CT molecular complexity index is 439. The summed E-state index contributed by atoms with van der Waals surface area (Å²) in [7, 11) is 0. The fourth-order valence-electron chi connectivity index (χ4n) is 1.27. The Hall–Kier alpha value is -0.740. The van der Waals surface area contributed by atoms with E-state index >= 15 is 0 Å². The molecular formula is C10H9BrN2S. The number of hydrogen-bond donors (Lipinski definition) is 0. The third-order valence-corrected chi connectivity index (χ3v) is 3.24. The third-order valence-electron chi connectivity index (χ3n) is 1.90. The van der Waals surface area contributed by atoms with Gasteiger partial charge in [-0.3, -0.25) is 4.57 Å². The average molecular weight is 269 g/mol. The molecule has 0 unspecified atom stereocenters. The summed E-state index contributed by atoms with van der Waals surface area (Å²) in [6, 6.07) is 8.11. The molecule has 1 aromatic heterocycles. The SMILES string of the molecule is CSc1nccn1-c1ccccc1Br. The highest BCUT2D eigenvalue weighted by atomic mass is 79.9. The van der Waals surface area contributed by atoms with Crippen molar-refractivity contribution >= 4 is 27.7 Å². The topological polar surface area (TPSA) is 17.8 Å². The molecule has 0 N–H and O–H groups in total. The van der Waals surface area contributed by atoms with Crippen molar-refractivity contribution in [2.45, 2.75) is 5.16 Å². The molecule has 0 aliphatic heterocycles. The van der Waals surface area contributed by atoms with Crippen molar-refractivity contribution in [3.63, 3.8) is 0 Å². The first-order valence-corrected chi connectivity index (χ1v) is 6.17.